The molecule has 1 aliphatic rings. The smallest absolute Gasteiger partial charge is 0.306 e. The van der Waals surface area contributed by atoms with Crippen LogP contribution < -0.4 is 14.8 Å². The molecule has 0 bridgehead atoms. The Morgan fingerprint density at radius 2 is 1.84 bits per heavy atom. The van der Waals surface area contributed by atoms with E-state index in [9.17, 15) is 9.59 Å². The summed E-state index contributed by atoms with van der Waals surface area (Å²) < 4.78 is 15.3. The molecule has 0 aromatic heterocycles. The topological polar surface area (TPSA) is 73.9 Å². The van der Waals surface area contributed by atoms with Gasteiger partial charge in [0.05, 0.1) is 24.9 Å². The number of carbonyl (C=O) groups excluding carboxylic acids is 2. The van der Waals surface area contributed by atoms with Gasteiger partial charge in [-0.25, -0.2) is 0 Å². The van der Waals surface area contributed by atoms with E-state index in [-0.39, 0.29) is 12.6 Å². The molecular weight excluding hydrogens is 346 g/mol. The third kappa shape index (κ3) is 5.81. The minimum absolute atomic E-state index is 0.336. The Bertz CT molecular complexity index is 614. The van der Waals surface area contributed by atoms with Gasteiger partial charge in [0.1, 0.15) is 11.5 Å². The van der Waals surface area contributed by atoms with Crippen molar-refractivity contribution in [3.05, 3.63) is 17.2 Å². The van der Waals surface area contributed by atoms with Gasteiger partial charge >= 0.3 is 5.97 Å². The number of hydrogen-bond donors (Lipinski definition) is 1. The van der Waals surface area contributed by atoms with Crippen LogP contribution in [0.4, 0.5) is 5.69 Å². The molecule has 138 valence electrons. The van der Waals surface area contributed by atoms with Gasteiger partial charge in [0.25, 0.3) is 5.91 Å². The van der Waals surface area contributed by atoms with Crippen molar-refractivity contribution in [2.24, 2.45) is 5.92 Å². The molecule has 0 aliphatic heterocycles. The van der Waals surface area contributed by atoms with Crippen molar-refractivity contribution in [3.63, 3.8) is 0 Å². The first-order chi connectivity index (χ1) is 12.0. The van der Waals surface area contributed by atoms with Crippen molar-refractivity contribution in [3.8, 4) is 11.5 Å². The maximum atomic E-state index is 12.0. The van der Waals surface area contributed by atoms with Crippen LogP contribution in [0, 0.1) is 5.92 Å². The van der Waals surface area contributed by atoms with Gasteiger partial charge in [0.15, 0.2) is 6.61 Å². The van der Waals surface area contributed by atoms with Crippen molar-refractivity contribution in [2.75, 3.05) is 26.1 Å². The molecule has 0 unspecified atom stereocenters. The van der Waals surface area contributed by atoms with E-state index in [4.69, 9.17) is 25.8 Å². The summed E-state index contributed by atoms with van der Waals surface area (Å²) in [5.41, 5.74) is 0.399. The predicted octanol–water partition coefficient (Wildman–Crippen LogP) is 3.81. The van der Waals surface area contributed by atoms with Crippen LogP contribution >= 0.6 is 11.6 Å². The molecule has 25 heavy (non-hydrogen) atoms. The number of nitrogens with one attached hydrogen (secondary N) is 1. The number of anilines is 1. The van der Waals surface area contributed by atoms with Gasteiger partial charge in [-0.2, -0.15) is 0 Å². The average molecular weight is 370 g/mol. The lowest BCUT2D eigenvalue weighted by molar-refractivity contribution is -0.147. The van der Waals surface area contributed by atoms with Crippen LogP contribution in [-0.4, -0.2) is 32.7 Å². The third-order valence-electron chi connectivity index (χ3n) is 4.34. The number of benzene rings is 1. The van der Waals surface area contributed by atoms with Crippen molar-refractivity contribution >= 4 is 29.2 Å². The van der Waals surface area contributed by atoms with Crippen LogP contribution in [-0.2, 0) is 14.3 Å². The quantitative estimate of drug-likeness (QED) is 0.705. The van der Waals surface area contributed by atoms with E-state index in [0.717, 1.165) is 6.42 Å². The van der Waals surface area contributed by atoms with E-state index in [0.29, 0.717) is 34.5 Å². The lowest BCUT2D eigenvalue weighted by atomic mass is 10.0. The highest BCUT2D eigenvalue weighted by Gasteiger charge is 2.18. The monoisotopic (exact) mass is 369 g/mol. The minimum atomic E-state index is -0.447. The zero-order chi connectivity index (χ0) is 18.2. The summed E-state index contributed by atoms with van der Waals surface area (Å²) in [4.78, 5) is 23.8. The molecule has 1 aromatic carbocycles. The number of halogens is 1. The fourth-order valence-electron chi connectivity index (χ4n) is 2.98. The first-order valence-corrected chi connectivity index (χ1v) is 8.78. The molecule has 1 fully saturated rings. The number of carbonyl (C=O) groups is 2. The van der Waals surface area contributed by atoms with Crippen molar-refractivity contribution in [2.45, 2.75) is 38.5 Å². The molecule has 0 heterocycles. The Morgan fingerprint density at radius 1 is 1.16 bits per heavy atom. The Balaban J connectivity index is 1.82. The maximum absolute atomic E-state index is 12.0. The van der Waals surface area contributed by atoms with E-state index in [1.165, 1.54) is 39.9 Å². The Hall–Kier alpha value is -1.95. The third-order valence-corrected chi connectivity index (χ3v) is 4.64. The second kappa shape index (κ2) is 9.51. The minimum Gasteiger partial charge on any atom is -0.495 e. The molecule has 0 radical (unpaired) electrons. The Kier molecular flexibility index (Phi) is 7.37. The number of esters is 1. The van der Waals surface area contributed by atoms with E-state index < -0.39 is 5.91 Å². The molecular formula is C18H24ClNO5. The number of amides is 1. The zero-order valence-corrected chi connectivity index (χ0v) is 15.4. The normalized spacial score (nSPS) is 14.2. The molecule has 0 spiro atoms. The van der Waals surface area contributed by atoms with E-state index >= 15 is 0 Å². The summed E-state index contributed by atoms with van der Waals surface area (Å²) in [6, 6.07) is 3.10. The second-order valence-electron chi connectivity index (χ2n) is 6.09. The summed E-state index contributed by atoms with van der Waals surface area (Å²) >= 11 is 6.02. The van der Waals surface area contributed by atoms with Gasteiger partial charge in [-0.3, -0.25) is 9.59 Å². The fraction of sp³-hybridized carbons (Fsp3) is 0.556. The van der Waals surface area contributed by atoms with Gasteiger partial charge < -0.3 is 19.5 Å². The molecule has 1 aromatic rings. The van der Waals surface area contributed by atoms with Gasteiger partial charge in [0, 0.05) is 18.6 Å². The van der Waals surface area contributed by atoms with Gasteiger partial charge in [-0.15, -0.1) is 0 Å². The second-order valence-corrected chi connectivity index (χ2v) is 6.49. The summed E-state index contributed by atoms with van der Waals surface area (Å²) in [7, 11) is 2.95. The predicted molar refractivity (Wildman–Crippen MR) is 95.3 cm³/mol. The maximum Gasteiger partial charge on any atom is 0.306 e. The average Bonchev–Trinajstić information content (AvgIpc) is 3.12. The zero-order valence-electron chi connectivity index (χ0n) is 14.6. The number of rotatable bonds is 8. The number of hydrogen-bond acceptors (Lipinski definition) is 5. The van der Waals surface area contributed by atoms with Crippen LogP contribution in [0.25, 0.3) is 0 Å². The lowest BCUT2D eigenvalue weighted by Crippen LogP contribution is -2.21. The van der Waals surface area contributed by atoms with Crippen LogP contribution in [0.2, 0.25) is 5.02 Å². The first-order valence-electron chi connectivity index (χ1n) is 8.40. The van der Waals surface area contributed by atoms with Gasteiger partial charge in [-0.1, -0.05) is 37.3 Å². The molecule has 7 heteroatoms. The Labute approximate surface area is 152 Å². The van der Waals surface area contributed by atoms with Gasteiger partial charge in [-0.05, 0) is 12.3 Å². The summed E-state index contributed by atoms with van der Waals surface area (Å²) in [5.74, 6) is 0.629. The van der Waals surface area contributed by atoms with E-state index in [2.05, 4.69) is 5.32 Å². The lowest BCUT2D eigenvalue weighted by Gasteiger charge is -2.13. The molecule has 2 rings (SSSR count). The Morgan fingerprint density at radius 3 is 2.48 bits per heavy atom. The van der Waals surface area contributed by atoms with Crippen LogP contribution in [0.3, 0.4) is 0 Å². The highest BCUT2D eigenvalue weighted by Crippen LogP contribution is 2.35. The number of methoxy groups -OCH3 is 2. The fourth-order valence-corrected chi connectivity index (χ4v) is 3.21. The molecule has 0 saturated heterocycles. The van der Waals surface area contributed by atoms with Gasteiger partial charge in [0.2, 0.25) is 0 Å². The molecule has 1 amide bonds. The number of ether oxygens (including phenoxy) is 3. The molecule has 1 saturated carbocycles. The van der Waals surface area contributed by atoms with Crippen LogP contribution in [0.1, 0.15) is 38.5 Å². The highest BCUT2D eigenvalue weighted by atomic mass is 35.5. The SMILES string of the molecule is COc1cc(NC(=O)COC(=O)CCC2CCCC2)c(OC)cc1Cl. The summed E-state index contributed by atoms with van der Waals surface area (Å²) in [6.45, 7) is -0.336. The molecule has 0 atom stereocenters. The van der Waals surface area contributed by atoms with Crippen LogP contribution in [0.15, 0.2) is 12.1 Å². The van der Waals surface area contributed by atoms with E-state index in [1.807, 2.05) is 0 Å². The highest BCUT2D eigenvalue weighted by molar-refractivity contribution is 6.32. The van der Waals surface area contributed by atoms with Crippen LogP contribution in [0.5, 0.6) is 11.5 Å². The van der Waals surface area contributed by atoms with Crippen molar-refractivity contribution in [1.82, 2.24) is 0 Å². The first kappa shape index (κ1) is 19.4. The molecule has 1 aliphatic carbocycles. The largest absolute Gasteiger partial charge is 0.495 e. The summed E-state index contributed by atoms with van der Waals surface area (Å²) in [5, 5.41) is 3.01. The molecule has 1 N–H and O–H groups in total. The van der Waals surface area contributed by atoms with E-state index in [1.54, 1.807) is 12.1 Å². The molecule has 6 nitrogen and oxygen atoms in total. The van der Waals surface area contributed by atoms with Crippen molar-refractivity contribution in [1.29, 1.82) is 0 Å². The standard InChI is InChI=1S/C18H24ClNO5/c1-23-15-10-14(16(24-2)9-13(15)19)20-17(21)11-25-18(22)8-7-12-5-3-4-6-12/h9-10,12H,3-8,11H2,1-2H3,(H,20,21). The summed E-state index contributed by atoms with van der Waals surface area (Å²) in [6.07, 6.45) is 6.06. The van der Waals surface area contributed by atoms with Crippen molar-refractivity contribution < 1.29 is 23.8 Å².